The smallest absolute Gasteiger partial charge is 0.324 e. The van der Waals surface area contributed by atoms with Crippen molar-refractivity contribution in [1.82, 2.24) is 4.90 Å². The first-order valence-electron chi connectivity index (χ1n) is 4.39. The van der Waals surface area contributed by atoms with Crippen LogP contribution >= 0.6 is 19.4 Å². The van der Waals surface area contributed by atoms with Crippen LogP contribution in [0.25, 0.3) is 0 Å². The molecule has 0 aromatic carbocycles. The van der Waals surface area contributed by atoms with Gasteiger partial charge in [-0.25, -0.2) is 0 Å². The molecular formula is C7H16NO3PS. The van der Waals surface area contributed by atoms with Crippen LogP contribution in [0.3, 0.4) is 0 Å². The zero-order valence-corrected chi connectivity index (χ0v) is 9.43. The first kappa shape index (κ1) is 11.5. The Bertz CT molecular complexity index is 202. The van der Waals surface area contributed by atoms with E-state index in [1.165, 1.54) is 0 Å². The Labute approximate surface area is 82.9 Å². The summed E-state index contributed by atoms with van der Waals surface area (Å²) in [7, 11) is -3.87. The molecule has 1 aliphatic rings. The van der Waals surface area contributed by atoms with E-state index < -0.39 is 7.60 Å². The topological polar surface area (TPSA) is 60.8 Å². The van der Waals surface area contributed by atoms with Gasteiger partial charge >= 0.3 is 7.60 Å². The van der Waals surface area contributed by atoms with Gasteiger partial charge in [0, 0.05) is 11.8 Å². The second-order valence-electron chi connectivity index (χ2n) is 3.23. The minimum Gasteiger partial charge on any atom is -0.324 e. The molecule has 0 amide bonds. The van der Waals surface area contributed by atoms with Crippen molar-refractivity contribution >= 4 is 19.4 Å². The third kappa shape index (κ3) is 4.00. The Hall–Kier alpha value is 0.460. The van der Waals surface area contributed by atoms with Gasteiger partial charge in [-0.15, -0.1) is 0 Å². The minimum absolute atomic E-state index is 0.0886. The molecule has 2 N–H and O–H groups in total. The molecule has 0 spiro atoms. The van der Waals surface area contributed by atoms with Gasteiger partial charge in [0.05, 0.1) is 0 Å². The van der Waals surface area contributed by atoms with Crippen LogP contribution in [0, 0.1) is 0 Å². The molecule has 0 radical (unpaired) electrons. The summed E-state index contributed by atoms with van der Waals surface area (Å²) in [5, 5.41) is 0. The minimum atomic E-state index is -3.87. The third-order valence-electron chi connectivity index (χ3n) is 2.19. The van der Waals surface area contributed by atoms with Gasteiger partial charge in [-0.05, 0) is 18.7 Å². The molecule has 1 saturated heterocycles. The predicted octanol–water partition coefficient (Wildman–Crippen LogP) is 0.949. The normalized spacial score (nSPS) is 24.2. The summed E-state index contributed by atoms with van der Waals surface area (Å²) < 4.78 is 10.8. The van der Waals surface area contributed by atoms with Gasteiger partial charge in [0.1, 0.15) is 6.29 Å². The quantitative estimate of drug-likeness (QED) is 0.697. The van der Waals surface area contributed by atoms with Crippen LogP contribution in [0.5, 0.6) is 0 Å². The average Bonchev–Trinajstić information content (AvgIpc) is 2.50. The number of hydrogen-bond acceptors (Lipinski definition) is 3. The molecule has 4 nitrogen and oxygen atoms in total. The number of hydrogen-bond donors (Lipinski definition) is 2. The van der Waals surface area contributed by atoms with E-state index in [0.29, 0.717) is 6.04 Å². The predicted molar refractivity (Wildman–Crippen MR) is 55.0 cm³/mol. The average molecular weight is 225 g/mol. The molecule has 1 rings (SSSR count). The monoisotopic (exact) mass is 225 g/mol. The van der Waals surface area contributed by atoms with E-state index in [9.17, 15) is 4.57 Å². The lowest BCUT2D eigenvalue weighted by Gasteiger charge is -2.26. The number of thioether (sulfide) groups is 1. The Morgan fingerprint density at radius 2 is 2.31 bits per heavy atom. The highest BCUT2D eigenvalue weighted by Gasteiger charge is 2.26. The van der Waals surface area contributed by atoms with Crippen molar-refractivity contribution in [2.45, 2.75) is 19.4 Å². The fourth-order valence-electron chi connectivity index (χ4n) is 1.52. The molecule has 1 unspecified atom stereocenters. The largest absolute Gasteiger partial charge is 0.339 e. The van der Waals surface area contributed by atoms with E-state index in [4.69, 9.17) is 9.79 Å². The highest BCUT2D eigenvalue weighted by atomic mass is 32.2. The van der Waals surface area contributed by atoms with E-state index in [-0.39, 0.29) is 6.29 Å². The van der Waals surface area contributed by atoms with Gasteiger partial charge in [-0.3, -0.25) is 9.46 Å². The molecule has 1 aliphatic heterocycles. The maximum Gasteiger partial charge on any atom is 0.339 e. The summed E-state index contributed by atoms with van der Waals surface area (Å²) >= 11 is 1.86. The Kier molecular flexibility index (Phi) is 4.26. The molecule has 0 saturated carbocycles. The van der Waals surface area contributed by atoms with Crippen molar-refractivity contribution in [3.63, 3.8) is 0 Å². The van der Waals surface area contributed by atoms with Crippen molar-refractivity contribution < 1.29 is 14.4 Å². The van der Waals surface area contributed by atoms with Gasteiger partial charge in [-0.1, -0.05) is 6.92 Å². The van der Waals surface area contributed by atoms with Crippen molar-refractivity contribution in [2.24, 2.45) is 0 Å². The highest BCUT2D eigenvalue weighted by Crippen LogP contribution is 2.37. The maximum absolute atomic E-state index is 10.8. The molecule has 0 aromatic heterocycles. The van der Waals surface area contributed by atoms with E-state index >= 15 is 0 Å². The van der Waals surface area contributed by atoms with Crippen molar-refractivity contribution in [3.8, 4) is 0 Å². The van der Waals surface area contributed by atoms with Crippen molar-refractivity contribution in [3.05, 3.63) is 0 Å². The summed E-state index contributed by atoms with van der Waals surface area (Å²) in [6.45, 7) is 2.66. The number of nitrogens with zero attached hydrogens (tertiary/aromatic N) is 1. The second kappa shape index (κ2) is 4.80. The zero-order chi connectivity index (χ0) is 9.90. The van der Waals surface area contributed by atoms with Crippen LogP contribution in [0.15, 0.2) is 0 Å². The Morgan fingerprint density at radius 3 is 2.69 bits per heavy atom. The summed E-state index contributed by atoms with van der Waals surface area (Å²) in [5.41, 5.74) is 0. The van der Waals surface area contributed by atoms with E-state index in [1.54, 1.807) is 0 Å². The lowest BCUT2D eigenvalue weighted by Crippen LogP contribution is -2.35. The van der Waals surface area contributed by atoms with Crippen LogP contribution < -0.4 is 0 Å². The number of rotatable bonds is 4. The molecule has 0 bridgehead atoms. The van der Waals surface area contributed by atoms with Crippen LogP contribution in [-0.2, 0) is 4.57 Å². The Morgan fingerprint density at radius 1 is 1.62 bits per heavy atom. The third-order valence-corrected chi connectivity index (χ3v) is 4.07. The molecule has 6 heteroatoms. The zero-order valence-electron chi connectivity index (χ0n) is 7.72. The molecule has 13 heavy (non-hydrogen) atoms. The van der Waals surface area contributed by atoms with Crippen molar-refractivity contribution in [1.29, 1.82) is 0 Å². The molecule has 78 valence electrons. The molecule has 1 atom stereocenters. The standard InChI is InChI=1S/C7H16NO3PS/c1-2-8(6-12(9,10)11)7-3-4-13-5-7/h7H,2-6H2,1H3,(H2,9,10,11). The molecular weight excluding hydrogens is 209 g/mol. The molecule has 1 fully saturated rings. The lowest BCUT2D eigenvalue weighted by atomic mass is 10.2. The lowest BCUT2D eigenvalue weighted by molar-refractivity contribution is 0.234. The summed E-state index contributed by atoms with van der Waals surface area (Å²) in [6.07, 6.45) is 0.966. The summed E-state index contributed by atoms with van der Waals surface area (Å²) in [5.74, 6) is 2.12. The van der Waals surface area contributed by atoms with E-state index in [1.807, 2.05) is 23.6 Å². The maximum atomic E-state index is 10.8. The van der Waals surface area contributed by atoms with Crippen LogP contribution in [0.1, 0.15) is 13.3 Å². The van der Waals surface area contributed by atoms with Gasteiger partial charge in [-0.2, -0.15) is 11.8 Å². The van der Waals surface area contributed by atoms with Gasteiger partial charge in [0.2, 0.25) is 0 Å². The van der Waals surface area contributed by atoms with Crippen LogP contribution in [-0.4, -0.2) is 45.1 Å². The van der Waals surface area contributed by atoms with Gasteiger partial charge in [0.15, 0.2) is 0 Å². The summed E-state index contributed by atoms with van der Waals surface area (Å²) in [6, 6.07) is 0.364. The fourth-order valence-corrected chi connectivity index (χ4v) is 3.68. The molecule has 0 aromatic rings. The van der Waals surface area contributed by atoms with Crippen molar-refractivity contribution in [2.75, 3.05) is 24.3 Å². The van der Waals surface area contributed by atoms with E-state index in [0.717, 1.165) is 24.5 Å². The van der Waals surface area contributed by atoms with Gasteiger partial charge in [0.25, 0.3) is 0 Å². The Balaban J connectivity index is 2.46. The fraction of sp³-hybridized carbons (Fsp3) is 1.00. The van der Waals surface area contributed by atoms with Crippen LogP contribution in [0.4, 0.5) is 0 Å². The first-order chi connectivity index (χ1) is 6.03. The summed E-state index contributed by atoms with van der Waals surface area (Å²) in [4.78, 5) is 19.6. The first-order valence-corrected chi connectivity index (χ1v) is 7.34. The van der Waals surface area contributed by atoms with E-state index in [2.05, 4.69) is 0 Å². The SMILES string of the molecule is CCN(CP(=O)(O)O)C1CCSC1. The van der Waals surface area contributed by atoms with Crippen LogP contribution in [0.2, 0.25) is 0 Å². The highest BCUT2D eigenvalue weighted by molar-refractivity contribution is 7.99. The second-order valence-corrected chi connectivity index (χ2v) is 5.99. The molecule has 1 heterocycles. The molecule has 0 aliphatic carbocycles. The van der Waals surface area contributed by atoms with Gasteiger partial charge < -0.3 is 9.79 Å².